The molecule has 1 aliphatic rings. The monoisotopic (exact) mass is 475 g/mol. The minimum Gasteiger partial charge on any atom is -0.497 e. The van der Waals surface area contributed by atoms with Gasteiger partial charge in [0.2, 0.25) is 5.89 Å². The van der Waals surface area contributed by atoms with E-state index in [4.69, 9.17) is 9.15 Å². The van der Waals surface area contributed by atoms with Crippen LogP contribution in [0.25, 0.3) is 11.5 Å². The number of nitrogens with one attached hydrogen (secondary N) is 1. The highest BCUT2D eigenvalue weighted by Crippen LogP contribution is 2.34. The normalized spacial score (nSPS) is 14.3. The van der Waals surface area contributed by atoms with Gasteiger partial charge in [0.15, 0.2) is 11.0 Å². The van der Waals surface area contributed by atoms with Crippen LogP contribution in [0.2, 0.25) is 0 Å². The van der Waals surface area contributed by atoms with Gasteiger partial charge in [0.1, 0.15) is 12.0 Å². The number of thioether (sulfide) groups is 1. The maximum Gasteiger partial charge on any atom is 0.226 e. The van der Waals surface area contributed by atoms with Crippen LogP contribution in [-0.4, -0.2) is 26.9 Å². The van der Waals surface area contributed by atoms with E-state index in [0.29, 0.717) is 24.2 Å². The number of hydrogen-bond acceptors (Lipinski definition) is 7. The van der Waals surface area contributed by atoms with Crippen LogP contribution in [0.3, 0.4) is 0 Å². The summed E-state index contributed by atoms with van der Waals surface area (Å²) in [6.07, 6.45) is 7.88. The van der Waals surface area contributed by atoms with Gasteiger partial charge in [-0.05, 0) is 37.1 Å². The fourth-order valence-electron chi connectivity index (χ4n) is 4.37. The number of benzene rings is 2. The van der Waals surface area contributed by atoms with Crippen LogP contribution in [0.5, 0.6) is 5.75 Å². The van der Waals surface area contributed by atoms with Gasteiger partial charge in [-0.3, -0.25) is 0 Å². The Morgan fingerprint density at radius 1 is 1.06 bits per heavy atom. The molecule has 4 aromatic rings. The van der Waals surface area contributed by atoms with Crippen molar-refractivity contribution in [2.45, 2.75) is 55.6 Å². The largest absolute Gasteiger partial charge is 0.497 e. The number of aromatic nitrogens is 4. The third kappa shape index (κ3) is 5.28. The first-order valence-electron chi connectivity index (χ1n) is 11.7. The van der Waals surface area contributed by atoms with Crippen molar-refractivity contribution < 1.29 is 9.15 Å². The Hall–Kier alpha value is -3.26. The molecule has 0 radical (unpaired) electrons. The molecule has 7 nitrogen and oxygen atoms in total. The molecule has 0 amide bonds. The summed E-state index contributed by atoms with van der Waals surface area (Å²) in [6, 6.07) is 18.4. The van der Waals surface area contributed by atoms with E-state index in [1.165, 1.54) is 32.1 Å². The first-order valence-corrected chi connectivity index (χ1v) is 12.7. The van der Waals surface area contributed by atoms with Crippen molar-refractivity contribution >= 4 is 17.4 Å². The molecule has 8 heteroatoms. The molecule has 0 bridgehead atoms. The van der Waals surface area contributed by atoms with E-state index in [0.717, 1.165) is 33.7 Å². The van der Waals surface area contributed by atoms with Crippen LogP contribution in [0.15, 0.2) is 70.4 Å². The summed E-state index contributed by atoms with van der Waals surface area (Å²) in [4.78, 5) is 4.67. The van der Waals surface area contributed by atoms with Gasteiger partial charge in [0, 0.05) is 29.1 Å². The second-order valence-electron chi connectivity index (χ2n) is 8.44. The molecular formula is C26H29N5O2S. The second kappa shape index (κ2) is 10.8. The Morgan fingerprint density at radius 2 is 1.91 bits per heavy atom. The molecule has 0 saturated heterocycles. The van der Waals surface area contributed by atoms with Crippen molar-refractivity contribution in [3.05, 3.63) is 72.4 Å². The van der Waals surface area contributed by atoms with Gasteiger partial charge in [-0.15, -0.1) is 10.2 Å². The fourth-order valence-corrected chi connectivity index (χ4v) is 5.27. The van der Waals surface area contributed by atoms with E-state index < -0.39 is 0 Å². The summed E-state index contributed by atoms with van der Waals surface area (Å²) in [5.41, 5.74) is 2.89. The minimum absolute atomic E-state index is 0.436. The van der Waals surface area contributed by atoms with Gasteiger partial charge in [0.05, 0.1) is 19.3 Å². The van der Waals surface area contributed by atoms with E-state index in [1.54, 1.807) is 25.1 Å². The van der Waals surface area contributed by atoms with Crippen LogP contribution >= 0.6 is 11.8 Å². The molecule has 0 aliphatic heterocycles. The summed E-state index contributed by atoms with van der Waals surface area (Å²) in [7, 11) is 1.68. The predicted octanol–water partition coefficient (Wildman–Crippen LogP) is 6.35. The predicted molar refractivity (Wildman–Crippen MR) is 134 cm³/mol. The van der Waals surface area contributed by atoms with Gasteiger partial charge >= 0.3 is 0 Å². The highest BCUT2D eigenvalue weighted by atomic mass is 32.2. The third-order valence-electron chi connectivity index (χ3n) is 6.12. The van der Waals surface area contributed by atoms with E-state index >= 15 is 0 Å². The van der Waals surface area contributed by atoms with Crippen LogP contribution in [0.1, 0.15) is 49.7 Å². The highest BCUT2D eigenvalue weighted by molar-refractivity contribution is 7.98. The molecule has 176 valence electrons. The Morgan fingerprint density at radius 3 is 2.74 bits per heavy atom. The highest BCUT2D eigenvalue weighted by Gasteiger charge is 2.23. The fraction of sp³-hybridized carbons (Fsp3) is 0.346. The summed E-state index contributed by atoms with van der Waals surface area (Å²) >= 11 is 1.67. The SMILES string of the molecule is COc1cccc(NCc2nnc(SCc3coc(-c4ccccc4)n3)n2C2CCCCC2)c1. The molecule has 34 heavy (non-hydrogen) atoms. The summed E-state index contributed by atoms with van der Waals surface area (Å²) in [5.74, 6) is 3.12. The molecule has 2 heterocycles. The molecule has 0 unspecified atom stereocenters. The zero-order valence-corrected chi connectivity index (χ0v) is 20.1. The number of rotatable bonds is 9. The topological polar surface area (TPSA) is 78.0 Å². The zero-order valence-electron chi connectivity index (χ0n) is 19.3. The molecule has 1 fully saturated rings. The van der Waals surface area contributed by atoms with Gasteiger partial charge in [-0.1, -0.05) is 55.3 Å². The van der Waals surface area contributed by atoms with E-state index in [9.17, 15) is 0 Å². The van der Waals surface area contributed by atoms with Crippen LogP contribution in [-0.2, 0) is 12.3 Å². The quantitative estimate of drug-likeness (QED) is 0.283. The smallest absolute Gasteiger partial charge is 0.226 e. The van der Waals surface area contributed by atoms with Gasteiger partial charge in [0.25, 0.3) is 0 Å². The number of oxazole rings is 1. The number of hydrogen-bond donors (Lipinski definition) is 1. The summed E-state index contributed by atoms with van der Waals surface area (Å²) < 4.78 is 13.4. The summed E-state index contributed by atoms with van der Waals surface area (Å²) in [6.45, 7) is 0.610. The molecule has 1 N–H and O–H groups in total. The van der Waals surface area contributed by atoms with E-state index in [-0.39, 0.29) is 0 Å². The number of ether oxygens (including phenoxy) is 1. The van der Waals surface area contributed by atoms with Gasteiger partial charge < -0.3 is 19.0 Å². The number of nitrogens with zero attached hydrogens (tertiary/aromatic N) is 4. The Balaban J connectivity index is 1.31. The van der Waals surface area contributed by atoms with E-state index in [2.05, 4.69) is 25.1 Å². The van der Waals surface area contributed by atoms with Crippen molar-refractivity contribution in [3.63, 3.8) is 0 Å². The van der Waals surface area contributed by atoms with Crippen molar-refractivity contribution in [2.24, 2.45) is 0 Å². The van der Waals surface area contributed by atoms with Crippen LogP contribution in [0, 0.1) is 0 Å². The van der Waals surface area contributed by atoms with E-state index in [1.807, 2.05) is 54.6 Å². The Kier molecular flexibility index (Phi) is 7.14. The lowest BCUT2D eigenvalue weighted by Crippen LogP contribution is -2.18. The van der Waals surface area contributed by atoms with Crippen molar-refractivity contribution in [3.8, 4) is 17.2 Å². The third-order valence-corrected chi connectivity index (χ3v) is 7.09. The van der Waals surface area contributed by atoms with Gasteiger partial charge in [-0.25, -0.2) is 4.98 Å². The molecule has 1 aliphatic carbocycles. The molecule has 5 rings (SSSR count). The van der Waals surface area contributed by atoms with Gasteiger partial charge in [-0.2, -0.15) is 0 Å². The lowest BCUT2D eigenvalue weighted by Gasteiger charge is -2.25. The minimum atomic E-state index is 0.436. The van der Waals surface area contributed by atoms with Crippen LogP contribution in [0.4, 0.5) is 5.69 Å². The van der Waals surface area contributed by atoms with Crippen LogP contribution < -0.4 is 10.1 Å². The maximum absolute atomic E-state index is 5.71. The Labute approximate surface area is 204 Å². The molecule has 2 aromatic heterocycles. The molecule has 2 aromatic carbocycles. The number of methoxy groups -OCH3 is 1. The van der Waals surface area contributed by atoms with Crippen molar-refractivity contribution in [1.82, 2.24) is 19.7 Å². The first kappa shape index (κ1) is 22.5. The Bertz CT molecular complexity index is 1200. The van der Waals surface area contributed by atoms with Crippen molar-refractivity contribution in [1.29, 1.82) is 0 Å². The standard InChI is InChI=1S/C26H29N5O2S/c1-32-23-14-8-11-20(15-23)27-16-24-29-30-26(31(24)22-12-6-3-7-13-22)34-18-21-17-33-25(28-21)19-9-4-2-5-10-19/h2,4-5,8-11,14-15,17,22,27H,3,6-7,12-13,16,18H2,1H3. The first-order chi connectivity index (χ1) is 16.8. The lowest BCUT2D eigenvalue weighted by atomic mass is 9.95. The molecule has 0 spiro atoms. The average Bonchev–Trinajstić information content (AvgIpc) is 3.54. The van der Waals surface area contributed by atoms with Crippen molar-refractivity contribution in [2.75, 3.05) is 12.4 Å². The zero-order chi connectivity index (χ0) is 23.2. The molecule has 1 saturated carbocycles. The molecular weight excluding hydrogens is 446 g/mol. The maximum atomic E-state index is 5.71. The number of anilines is 1. The molecule has 0 atom stereocenters. The lowest BCUT2D eigenvalue weighted by molar-refractivity contribution is 0.330. The summed E-state index contributed by atoms with van der Waals surface area (Å²) in [5, 5.41) is 13.6. The average molecular weight is 476 g/mol. The second-order valence-corrected chi connectivity index (χ2v) is 9.39.